The minimum Gasteiger partial charge on any atom is -0.462 e. The van der Waals surface area contributed by atoms with E-state index in [1.807, 2.05) is 0 Å². The number of phosphoric ester groups is 2. The number of aliphatic hydroxyl groups excluding tert-OH is 1. The predicted octanol–water partition coefficient (Wildman–Crippen LogP) is 14.7. The van der Waals surface area contributed by atoms with Gasteiger partial charge in [0.15, 0.2) is 12.2 Å². The van der Waals surface area contributed by atoms with Gasteiger partial charge in [0, 0.05) is 25.7 Å². The Hall–Kier alpha value is -1.94. The molecule has 2 unspecified atom stereocenters. The fraction of sp³-hybridized carbons (Fsp3) is 0.929. The summed E-state index contributed by atoms with van der Waals surface area (Å²) in [6.45, 7) is 6.96. The highest BCUT2D eigenvalue weighted by molar-refractivity contribution is 7.47. The fourth-order valence-electron chi connectivity index (χ4n) is 8.17. The van der Waals surface area contributed by atoms with Crippen LogP contribution in [0.2, 0.25) is 0 Å². The maximum absolute atomic E-state index is 12.9. The summed E-state index contributed by atoms with van der Waals surface area (Å²) in [5.74, 6) is -1.47. The molecule has 75 heavy (non-hydrogen) atoms. The summed E-state index contributed by atoms with van der Waals surface area (Å²) in [5, 5.41) is 10.5. The Balaban J connectivity index is 5.19. The smallest absolute Gasteiger partial charge is 0.462 e. The second-order valence-corrected chi connectivity index (χ2v) is 23.7. The molecule has 0 aromatic rings. The second-order valence-electron chi connectivity index (χ2n) is 20.8. The van der Waals surface area contributed by atoms with E-state index in [1.165, 1.54) is 64.2 Å². The number of rotatable bonds is 56. The Morgan fingerprint density at radius 1 is 0.360 bits per heavy atom. The van der Waals surface area contributed by atoms with E-state index in [4.69, 9.17) is 37.0 Å². The first kappa shape index (κ1) is 73.1. The third kappa shape index (κ3) is 51.3. The SMILES string of the molecule is CCCCCCCCCCCCCCC(=O)O[C@H](COC(=O)CCCCCCCCC(C)C)COP(=O)(O)OC[C@@H](O)COP(=O)(O)OC[C@@H](COC(=O)CCCCCCCCC)OC(=O)CCCCCCCCC. The average molecular weight is 1120 g/mol. The molecule has 0 spiro atoms. The van der Waals surface area contributed by atoms with Crippen LogP contribution in [0.3, 0.4) is 0 Å². The zero-order valence-corrected chi connectivity index (χ0v) is 49.5. The number of aliphatic hydroxyl groups is 1. The van der Waals surface area contributed by atoms with Crippen LogP contribution < -0.4 is 0 Å². The Morgan fingerprint density at radius 3 is 0.907 bits per heavy atom. The highest BCUT2D eigenvalue weighted by atomic mass is 31.2. The lowest BCUT2D eigenvalue weighted by molar-refractivity contribution is -0.161. The van der Waals surface area contributed by atoms with Crippen molar-refractivity contribution in [2.24, 2.45) is 5.92 Å². The van der Waals surface area contributed by atoms with Crippen LogP contribution in [0.15, 0.2) is 0 Å². The van der Waals surface area contributed by atoms with E-state index < -0.39 is 97.5 Å². The van der Waals surface area contributed by atoms with E-state index in [-0.39, 0.29) is 25.7 Å². The molecular formula is C56H108O17P2. The van der Waals surface area contributed by atoms with Crippen molar-refractivity contribution in [2.75, 3.05) is 39.6 Å². The largest absolute Gasteiger partial charge is 0.472 e. The first-order chi connectivity index (χ1) is 36.0. The minimum atomic E-state index is -4.93. The van der Waals surface area contributed by atoms with Crippen LogP contribution in [-0.2, 0) is 65.4 Å². The van der Waals surface area contributed by atoms with Crippen molar-refractivity contribution in [2.45, 2.75) is 291 Å². The molecule has 0 bridgehead atoms. The molecule has 19 heteroatoms. The van der Waals surface area contributed by atoms with Crippen LogP contribution >= 0.6 is 15.6 Å². The van der Waals surface area contributed by atoms with Crippen molar-refractivity contribution >= 4 is 39.5 Å². The molecule has 0 aliphatic carbocycles. The van der Waals surface area contributed by atoms with Crippen LogP contribution in [0.4, 0.5) is 0 Å². The van der Waals surface area contributed by atoms with Crippen molar-refractivity contribution < 1.29 is 80.2 Å². The average Bonchev–Trinajstić information content (AvgIpc) is 3.37. The summed E-state index contributed by atoms with van der Waals surface area (Å²) in [5.41, 5.74) is 0. The molecule has 0 rings (SSSR count). The van der Waals surface area contributed by atoms with Crippen molar-refractivity contribution in [3.05, 3.63) is 0 Å². The zero-order valence-electron chi connectivity index (χ0n) is 47.7. The summed E-state index contributed by atoms with van der Waals surface area (Å²) < 4.78 is 67.4. The number of ether oxygens (including phenoxy) is 4. The number of hydrogen-bond donors (Lipinski definition) is 3. The first-order valence-electron chi connectivity index (χ1n) is 29.6. The van der Waals surface area contributed by atoms with E-state index in [1.54, 1.807) is 0 Å². The number of esters is 4. The summed E-state index contributed by atoms with van der Waals surface area (Å²) in [7, 11) is -9.86. The molecule has 3 N–H and O–H groups in total. The van der Waals surface area contributed by atoms with Gasteiger partial charge in [-0.2, -0.15) is 0 Å². The summed E-state index contributed by atoms with van der Waals surface area (Å²) in [6.07, 6.45) is 31.1. The van der Waals surface area contributed by atoms with E-state index in [2.05, 4.69) is 34.6 Å². The predicted molar refractivity (Wildman–Crippen MR) is 294 cm³/mol. The molecular weight excluding hydrogens is 1010 g/mol. The van der Waals surface area contributed by atoms with E-state index in [9.17, 15) is 43.2 Å². The molecule has 0 amide bonds. The standard InChI is InChI=1S/C56H108O17P2/c1-6-9-12-15-18-19-20-21-22-25-32-37-42-56(61)73-52(46-67-54(59)40-35-30-27-26-28-33-38-49(4)5)48-71-75(64,65)69-44-50(57)43-68-74(62,63)70-47-51(72-55(60)41-36-31-24-17-14-11-8-3)45-66-53(58)39-34-29-23-16-13-10-7-2/h49-52,57H,6-48H2,1-5H3,(H,62,63)(H,64,65)/t50-,51+,52+/m0/s1. The minimum absolute atomic E-state index is 0.103. The quantitative estimate of drug-likeness (QED) is 0.0222. The van der Waals surface area contributed by atoms with Crippen molar-refractivity contribution in [1.82, 2.24) is 0 Å². The topological polar surface area (TPSA) is 237 Å². The van der Waals surface area contributed by atoms with Crippen LogP contribution in [0, 0.1) is 5.92 Å². The normalized spacial score (nSPS) is 14.5. The van der Waals surface area contributed by atoms with Gasteiger partial charge in [-0.25, -0.2) is 9.13 Å². The molecule has 0 aromatic heterocycles. The number of carbonyl (C=O) groups is 4. The van der Waals surface area contributed by atoms with Gasteiger partial charge in [0.2, 0.25) is 0 Å². The lowest BCUT2D eigenvalue weighted by Gasteiger charge is -2.21. The molecule has 5 atom stereocenters. The number of hydrogen-bond acceptors (Lipinski definition) is 15. The van der Waals surface area contributed by atoms with Crippen LogP contribution in [0.1, 0.15) is 272 Å². The Kier molecular flexibility index (Phi) is 49.0. The molecule has 0 saturated carbocycles. The highest BCUT2D eigenvalue weighted by Crippen LogP contribution is 2.45. The number of carbonyl (C=O) groups excluding carboxylic acids is 4. The van der Waals surface area contributed by atoms with Crippen molar-refractivity contribution in [3.8, 4) is 0 Å². The van der Waals surface area contributed by atoms with E-state index in [0.29, 0.717) is 31.6 Å². The van der Waals surface area contributed by atoms with Gasteiger partial charge >= 0.3 is 39.5 Å². The number of phosphoric acid groups is 2. The molecule has 0 aromatic carbocycles. The highest BCUT2D eigenvalue weighted by Gasteiger charge is 2.30. The maximum Gasteiger partial charge on any atom is 0.472 e. The third-order valence-corrected chi connectivity index (χ3v) is 14.7. The van der Waals surface area contributed by atoms with Gasteiger partial charge < -0.3 is 33.8 Å². The first-order valence-corrected chi connectivity index (χ1v) is 32.6. The molecule has 0 aliphatic rings. The lowest BCUT2D eigenvalue weighted by atomic mass is 10.0. The number of unbranched alkanes of at least 4 members (excludes halogenated alkanes) is 28. The fourth-order valence-corrected chi connectivity index (χ4v) is 9.75. The second kappa shape index (κ2) is 50.3. The maximum atomic E-state index is 12.9. The van der Waals surface area contributed by atoms with Gasteiger partial charge in [0.1, 0.15) is 19.3 Å². The summed E-state index contributed by atoms with van der Waals surface area (Å²) in [4.78, 5) is 71.5. The molecule has 0 saturated heterocycles. The lowest BCUT2D eigenvalue weighted by Crippen LogP contribution is -2.30. The van der Waals surface area contributed by atoms with E-state index in [0.717, 1.165) is 122 Å². The van der Waals surface area contributed by atoms with Gasteiger partial charge in [-0.1, -0.05) is 221 Å². The Labute approximate surface area is 454 Å². The van der Waals surface area contributed by atoms with Crippen LogP contribution in [-0.4, -0.2) is 96.7 Å². The van der Waals surface area contributed by atoms with Crippen LogP contribution in [0.25, 0.3) is 0 Å². The Bertz CT molecular complexity index is 1480. The van der Waals surface area contributed by atoms with E-state index >= 15 is 0 Å². The van der Waals surface area contributed by atoms with Gasteiger partial charge in [-0.15, -0.1) is 0 Å². The van der Waals surface area contributed by atoms with Crippen molar-refractivity contribution in [3.63, 3.8) is 0 Å². The summed E-state index contributed by atoms with van der Waals surface area (Å²) >= 11 is 0. The zero-order chi connectivity index (χ0) is 55.7. The van der Waals surface area contributed by atoms with Gasteiger partial charge in [0.05, 0.1) is 26.4 Å². The Morgan fingerprint density at radius 2 is 0.613 bits per heavy atom. The van der Waals surface area contributed by atoms with Gasteiger partial charge in [-0.3, -0.25) is 37.3 Å². The monoisotopic (exact) mass is 1110 g/mol. The molecule has 0 aliphatic heterocycles. The molecule has 444 valence electrons. The van der Waals surface area contributed by atoms with Crippen LogP contribution in [0.5, 0.6) is 0 Å². The van der Waals surface area contributed by atoms with Gasteiger partial charge in [0.25, 0.3) is 0 Å². The molecule has 0 heterocycles. The van der Waals surface area contributed by atoms with Crippen molar-refractivity contribution in [1.29, 1.82) is 0 Å². The summed E-state index contributed by atoms with van der Waals surface area (Å²) in [6, 6.07) is 0. The van der Waals surface area contributed by atoms with Gasteiger partial charge in [-0.05, 0) is 31.6 Å². The third-order valence-electron chi connectivity index (χ3n) is 12.8. The molecule has 0 radical (unpaired) electrons. The molecule has 17 nitrogen and oxygen atoms in total. The molecule has 0 fully saturated rings.